The third-order valence-corrected chi connectivity index (χ3v) is 2.72. The highest BCUT2D eigenvalue weighted by molar-refractivity contribution is 5.63. The summed E-state index contributed by atoms with van der Waals surface area (Å²) in [7, 11) is 1.58. The maximum atomic E-state index is 12.5. The molecule has 0 saturated carbocycles. The minimum absolute atomic E-state index is 0.0533. The summed E-state index contributed by atoms with van der Waals surface area (Å²) in [6.07, 6.45) is -3.10. The lowest BCUT2D eigenvalue weighted by atomic mass is 10.2. The summed E-state index contributed by atoms with van der Waals surface area (Å²) >= 11 is 0. The predicted molar refractivity (Wildman–Crippen MR) is 68.8 cm³/mol. The molecule has 1 aromatic heterocycles. The standard InChI is InChI=1S/C12H11F3N4O/c1-17-9-6-18-19(11(20)10(9)16)8-4-2-7(3-5-8)12(13,14)15/h2-6,17H,16H2,1H3. The van der Waals surface area contributed by atoms with E-state index in [4.69, 9.17) is 5.73 Å². The van der Waals surface area contributed by atoms with Gasteiger partial charge in [0.05, 0.1) is 23.1 Å². The van der Waals surface area contributed by atoms with Gasteiger partial charge in [-0.25, -0.2) is 0 Å². The Kier molecular flexibility index (Phi) is 3.39. The zero-order valence-corrected chi connectivity index (χ0v) is 10.4. The molecular formula is C12H11F3N4O. The van der Waals surface area contributed by atoms with Crippen LogP contribution in [0.1, 0.15) is 5.56 Å². The highest BCUT2D eigenvalue weighted by Gasteiger charge is 2.30. The Morgan fingerprint density at radius 2 is 1.85 bits per heavy atom. The van der Waals surface area contributed by atoms with Gasteiger partial charge in [-0.05, 0) is 24.3 Å². The number of hydrogen-bond acceptors (Lipinski definition) is 4. The van der Waals surface area contributed by atoms with Crippen molar-refractivity contribution in [2.45, 2.75) is 6.18 Å². The number of halogens is 3. The van der Waals surface area contributed by atoms with E-state index in [1.54, 1.807) is 7.05 Å². The molecule has 8 heteroatoms. The molecule has 0 aliphatic rings. The van der Waals surface area contributed by atoms with Crippen molar-refractivity contribution in [2.24, 2.45) is 0 Å². The average Bonchev–Trinajstić information content (AvgIpc) is 2.41. The molecule has 106 valence electrons. The normalized spacial score (nSPS) is 11.4. The Labute approximate surface area is 111 Å². The van der Waals surface area contributed by atoms with Crippen LogP contribution in [0.5, 0.6) is 0 Å². The lowest BCUT2D eigenvalue weighted by Gasteiger charge is -2.10. The summed E-state index contributed by atoms with van der Waals surface area (Å²) in [5.74, 6) is 0. The van der Waals surface area contributed by atoms with Gasteiger partial charge in [0.15, 0.2) is 0 Å². The summed E-state index contributed by atoms with van der Waals surface area (Å²) in [5, 5.41) is 6.55. The second-order valence-corrected chi connectivity index (χ2v) is 3.98. The van der Waals surface area contributed by atoms with E-state index in [0.29, 0.717) is 5.69 Å². The first-order valence-corrected chi connectivity index (χ1v) is 5.58. The average molecular weight is 284 g/mol. The van der Waals surface area contributed by atoms with Crippen molar-refractivity contribution in [1.29, 1.82) is 0 Å². The fraction of sp³-hybridized carbons (Fsp3) is 0.167. The van der Waals surface area contributed by atoms with E-state index in [0.717, 1.165) is 28.9 Å². The van der Waals surface area contributed by atoms with Crippen LogP contribution in [0, 0.1) is 0 Å². The van der Waals surface area contributed by atoms with Gasteiger partial charge in [0.25, 0.3) is 5.56 Å². The summed E-state index contributed by atoms with van der Waals surface area (Å²) in [4.78, 5) is 11.9. The Hall–Kier alpha value is -2.51. The number of nitrogens with zero attached hydrogens (tertiary/aromatic N) is 2. The summed E-state index contributed by atoms with van der Waals surface area (Å²) in [5.41, 5.74) is 4.73. The van der Waals surface area contributed by atoms with E-state index in [-0.39, 0.29) is 11.4 Å². The highest BCUT2D eigenvalue weighted by atomic mass is 19.4. The predicted octanol–water partition coefficient (Wildman–Crippen LogP) is 1.88. The molecule has 20 heavy (non-hydrogen) atoms. The second kappa shape index (κ2) is 4.87. The van der Waals surface area contributed by atoms with E-state index < -0.39 is 17.3 Å². The van der Waals surface area contributed by atoms with Crippen LogP contribution >= 0.6 is 0 Å². The molecule has 1 aromatic carbocycles. The SMILES string of the molecule is CNc1cnn(-c2ccc(C(F)(F)F)cc2)c(=O)c1N. The molecule has 0 fully saturated rings. The van der Waals surface area contributed by atoms with Crippen LogP contribution in [-0.2, 0) is 6.18 Å². The van der Waals surface area contributed by atoms with Crippen molar-refractivity contribution in [3.8, 4) is 5.69 Å². The van der Waals surface area contributed by atoms with Gasteiger partial charge in [-0.1, -0.05) is 0 Å². The molecule has 1 heterocycles. The zero-order valence-electron chi connectivity index (χ0n) is 10.4. The Morgan fingerprint density at radius 1 is 1.25 bits per heavy atom. The van der Waals surface area contributed by atoms with Crippen LogP contribution in [0.15, 0.2) is 35.3 Å². The van der Waals surface area contributed by atoms with Crippen molar-refractivity contribution in [1.82, 2.24) is 9.78 Å². The third kappa shape index (κ3) is 2.44. The molecule has 0 spiro atoms. The quantitative estimate of drug-likeness (QED) is 0.883. The molecule has 3 N–H and O–H groups in total. The number of nitrogens with two attached hydrogens (primary N) is 1. The number of hydrogen-bond donors (Lipinski definition) is 2. The molecule has 2 aromatic rings. The Balaban J connectivity index is 2.48. The maximum absolute atomic E-state index is 12.5. The van der Waals surface area contributed by atoms with Gasteiger partial charge in [-0.15, -0.1) is 0 Å². The molecule has 0 aliphatic carbocycles. The molecule has 0 radical (unpaired) electrons. The van der Waals surface area contributed by atoms with Gasteiger partial charge >= 0.3 is 6.18 Å². The van der Waals surface area contributed by atoms with E-state index >= 15 is 0 Å². The van der Waals surface area contributed by atoms with Crippen molar-refractivity contribution in [3.63, 3.8) is 0 Å². The number of nitrogens with one attached hydrogen (secondary N) is 1. The fourth-order valence-electron chi connectivity index (χ4n) is 1.64. The van der Waals surface area contributed by atoms with Gasteiger partial charge in [0, 0.05) is 7.05 Å². The molecule has 0 aliphatic heterocycles. The number of aromatic nitrogens is 2. The number of benzene rings is 1. The molecule has 0 bridgehead atoms. The van der Waals surface area contributed by atoms with Gasteiger partial charge in [0.1, 0.15) is 5.69 Å². The zero-order chi connectivity index (χ0) is 14.9. The van der Waals surface area contributed by atoms with Gasteiger partial charge in [-0.2, -0.15) is 23.0 Å². The van der Waals surface area contributed by atoms with Gasteiger partial charge in [-0.3, -0.25) is 4.79 Å². The minimum Gasteiger partial charge on any atom is -0.392 e. The number of anilines is 2. The fourth-order valence-corrected chi connectivity index (χ4v) is 1.64. The lowest BCUT2D eigenvalue weighted by molar-refractivity contribution is -0.137. The largest absolute Gasteiger partial charge is 0.416 e. The number of alkyl halides is 3. The second-order valence-electron chi connectivity index (χ2n) is 3.98. The maximum Gasteiger partial charge on any atom is 0.416 e. The summed E-state index contributed by atoms with van der Waals surface area (Å²) < 4.78 is 38.3. The van der Waals surface area contributed by atoms with Crippen molar-refractivity contribution < 1.29 is 13.2 Å². The van der Waals surface area contributed by atoms with E-state index in [2.05, 4.69) is 10.4 Å². The monoisotopic (exact) mass is 284 g/mol. The molecule has 0 atom stereocenters. The van der Waals surface area contributed by atoms with Crippen LogP contribution in [0.25, 0.3) is 5.69 Å². The Bertz CT molecular complexity index is 677. The summed E-state index contributed by atoms with van der Waals surface area (Å²) in [6.45, 7) is 0. The first kappa shape index (κ1) is 13.9. The van der Waals surface area contributed by atoms with Gasteiger partial charge < -0.3 is 11.1 Å². The smallest absolute Gasteiger partial charge is 0.392 e. The first-order valence-electron chi connectivity index (χ1n) is 5.58. The van der Waals surface area contributed by atoms with Crippen LogP contribution in [0.3, 0.4) is 0 Å². The third-order valence-electron chi connectivity index (χ3n) is 2.72. The molecule has 0 amide bonds. The van der Waals surface area contributed by atoms with Crippen LogP contribution in [0.2, 0.25) is 0 Å². The van der Waals surface area contributed by atoms with Crippen LogP contribution < -0.4 is 16.6 Å². The van der Waals surface area contributed by atoms with E-state index in [1.165, 1.54) is 6.20 Å². The molecule has 0 saturated heterocycles. The van der Waals surface area contributed by atoms with Gasteiger partial charge in [0.2, 0.25) is 0 Å². The highest BCUT2D eigenvalue weighted by Crippen LogP contribution is 2.29. The number of rotatable bonds is 2. The van der Waals surface area contributed by atoms with Crippen molar-refractivity contribution in [3.05, 3.63) is 46.4 Å². The molecule has 2 rings (SSSR count). The van der Waals surface area contributed by atoms with E-state index in [9.17, 15) is 18.0 Å². The summed E-state index contributed by atoms with van der Waals surface area (Å²) in [6, 6.07) is 4.09. The van der Waals surface area contributed by atoms with Crippen molar-refractivity contribution >= 4 is 11.4 Å². The molecular weight excluding hydrogens is 273 g/mol. The first-order chi connectivity index (χ1) is 9.34. The molecule has 5 nitrogen and oxygen atoms in total. The Morgan fingerprint density at radius 3 is 2.35 bits per heavy atom. The van der Waals surface area contributed by atoms with Crippen molar-refractivity contribution in [2.75, 3.05) is 18.1 Å². The number of nitrogen functional groups attached to an aromatic ring is 1. The molecule has 0 unspecified atom stereocenters. The van der Waals surface area contributed by atoms with E-state index in [1.807, 2.05) is 0 Å². The van der Waals surface area contributed by atoms with Crippen LogP contribution in [-0.4, -0.2) is 16.8 Å². The van der Waals surface area contributed by atoms with Crippen LogP contribution in [0.4, 0.5) is 24.5 Å². The topological polar surface area (TPSA) is 72.9 Å². The minimum atomic E-state index is -4.42. The lowest BCUT2D eigenvalue weighted by Crippen LogP contribution is -2.25.